The summed E-state index contributed by atoms with van der Waals surface area (Å²) in [6.45, 7) is 2.47. The number of carbonyl (C=O) groups excluding carboxylic acids is 1. The fourth-order valence-corrected chi connectivity index (χ4v) is 4.68. The van der Waals surface area contributed by atoms with Gasteiger partial charge in [0.15, 0.2) is 0 Å². The molecule has 0 spiro atoms. The first-order chi connectivity index (χ1) is 11.9. The Bertz CT molecular complexity index is 638. The van der Waals surface area contributed by atoms with E-state index in [0.717, 1.165) is 24.6 Å². The Balaban J connectivity index is 1.34. The molecule has 1 saturated heterocycles. The first-order valence-corrected chi connectivity index (χ1v) is 8.99. The van der Waals surface area contributed by atoms with E-state index in [2.05, 4.69) is 4.98 Å². The Morgan fingerprint density at radius 1 is 1.08 bits per heavy atom. The summed E-state index contributed by atoms with van der Waals surface area (Å²) in [7, 11) is 0. The minimum atomic E-state index is -4.36. The molecule has 4 rings (SSSR count). The highest BCUT2D eigenvalue weighted by Crippen LogP contribution is 2.48. The summed E-state index contributed by atoms with van der Waals surface area (Å²) in [5, 5.41) is 0. The smallest absolute Gasteiger partial charge is 0.353 e. The molecular formula is C18H22F3N3O. The van der Waals surface area contributed by atoms with Gasteiger partial charge in [0, 0.05) is 38.3 Å². The minimum Gasteiger partial charge on any atom is -0.353 e. The number of alkyl halides is 3. The predicted molar refractivity (Wildman–Crippen MR) is 87.0 cm³/mol. The quantitative estimate of drug-likeness (QED) is 0.819. The van der Waals surface area contributed by atoms with Gasteiger partial charge in [0.05, 0.1) is 5.56 Å². The Kier molecular flexibility index (Phi) is 4.12. The van der Waals surface area contributed by atoms with Gasteiger partial charge in [-0.15, -0.1) is 0 Å². The van der Waals surface area contributed by atoms with Crippen molar-refractivity contribution in [2.45, 2.75) is 31.9 Å². The number of fused-ring (bicyclic) bond motifs is 2. The van der Waals surface area contributed by atoms with Gasteiger partial charge in [-0.25, -0.2) is 4.98 Å². The van der Waals surface area contributed by atoms with E-state index in [0.29, 0.717) is 37.9 Å². The van der Waals surface area contributed by atoms with Crippen LogP contribution in [0, 0.1) is 17.8 Å². The number of hydrogen-bond acceptors (Lipinski definition) is 3. The molecule has 25 heavy (non-hydrogen) atoms. The van der Waals surface area contributed by atoms with Gasteiger partial charge in [-0.3, -0.25) is 4.79 Å². The minimum absolute atomic E-state index is 0.203. The van der Waals surface area contributed by atoms with Crippen molar-refractivity contribution in [1.29, 1.82) is 0 Å². The van der Waals surface area contributed by atoms with Gasteiger partial charge >= 0.3 is 6.18 Å². The summed E-state index contributed by atoms with van der Waals surface area (Å²) in [6, 6.07) is 2.48. The molecule has 3 fully saturated rings. The van der Waals surface area contributed by atoms with E-state index in [4.69, 9.17) is 0 Å². The maximum atomic E-state index is 12.8. The van der Waals surface area contributed by atoms with Crippen LogP contribution in [0.25, 0.3) is 0 Å². The van der Waals surface area contributed by atoms with E-state index in [1.54, 1.807) is 0 Å². The molecule has 0 N–H and O–H groups in total. The molecule has 2 saturated carbocycles. The average molecular weight is 353 g/mol. The molecule has 4 nitrogen and oxygen atoms in total. The molecule has 2 heterocycles. The van der Waals surface area contributed by atoms with Crippen molar-refractivity contribution in [1.82, 2.24) is 9.88 Å². The molecule has 3 aliphatic rings. The zero-order chi connectivity index (χ0) is 17.6. The zero-order valence-electron chi connectivity index (χ0n) is 14.0. The first-order valence-electron chi connectivity index (χ1n) is 8.99. The lowest BCUT2D eigenvalue weighted by Crippen LogP contribution is -2.51. The Morgan fingerprint density at radius 3 is 2.36 bits per heavy atom. The number of halogens is 3. The van der Waals surface area contributed by atoms with Gasteiger partial charge in [-0.05, 0) is 43.2 Å². The topological polar surface area (TPSA) is 36.4 Å². The number of amides is 1. The second-order valence-electron chi connectivity index (χ2n) is 7.50. The van der Waals surface area contributed by atoms with Crippen molar-refractivity contribution in [2.24, 2.45) is 17.8 Å². The number of aromatic nitrogens is 1. The molecule has 7 heteroatoms. The molecule has 136 valence electrons. The van der Waals surface area contributed by atoms with E-state index in [1.807, 2.05) is 9.80 Å². The molecule has 3 atom stereocenters. The molecule has 2 bridgehead atoms. The van der Waals surface area contributed by atoms with Crippen molar-refractivity contribution in [3.63, 3.8) is 0 Å². The number of hydrogen-bond donors (Lipinski definition) is 0. The predicted octanol–water partition coefficient (Wildman–Crippen LogP) is 3.19. The van der Waals surface area contributed by atoms with Gasteiger partial charge < -0.3 is 9.80 Å². The van der Waals surface area contributed by atoms with E-state index >= 15 is 0 Å². The first kappa shape index (κ1) is 16.7. The van der Waals surface area contributed by atoms with Crippen LogP contribution in [0.4, 0.5) is 19.0 Å². The van der Waals surface area contributed by atoms with Crippen molar-refractivity contribution in [3.05, 3.63) is 23.9 Å². The number of carbonyl (C=O) groups is 1. The molecule has 0 aromatic carbocycles. The third-order valence-electron chi connectivity index (χ3n) is 6.05. The van der Waals surface area contributed by atoms with Crippen LogP contribution in [0.15, 0.2) is 18.3 Å². The standard InChI is InChI=1S/C18H22F3N3O/c19-18(20,21)14-3-4-16(22-11-14)23-5-7-24(8-6-23)17(25)15-10-12-1-2-13(15)9-12/h3-4,11-13,15H,1-2,5-10H2/t12-,13-,15+/m0/s1. The number of pyridine rings is 1. The van der Waals surface area contributed by atoms with Crippen LogP contribution in [0.3, 0.4) is 0 Å². The maximum Gasteiger partial charge on any atom is 0.417 e. The fraction of sp³-hybridized carbons (Fsp3) is 0.667. The molecule has 1 amide bonds. The molecule has 1 aliphatic heterocycles. The third kappa shape index (κ3) is 3.20. The van der Waals surface area contributed by atoms with Crippen LogP contribution in [0.5, 0.6) is 0 Å². The number of anilines is 1. The average Bonchev–Trinajstić information content (AvgIpc) is 3.24. The van der Waals surface area contributed by atoms with Crippen LogP contribution >= 0.6 is 0 Å². The molecule has 2 aliphatic carbocycles. The van der Waals surface area contributed by atoms with Gasteiger partial charge in [0.2, 0.25) is 5.91 Å². The molecular weight excluding hydrogens is 331 g/mol. The summed E-state index contributed by atoms with van der Waals surface area (Å²) < 4.78 is 37.8. The second-order valence-corrected chi connectivity index (χ2v) is 7.50. The highest BCUT2D eigenvalue weighted by Gasteiger charge is 2.44. The lowest BCUT2D eigenvalue weighted by Gasteiger charge is -2.37. The van der Waals surface area contributed by atoms with Gasteiger partial charge in [-0.1, -0.05) is 6.42 Å². The lowest BCUT2D eigenvalue weighted by molar-refractivity contribution is -0.138. The number of piperazine rings is 1. The molecule has 0 radical (unpaired) electrons. The van der Waals surface area contributed by atoms with E-state index in [1.165, 1.54) is 25.3 Å². The van der Waals surface area contributed by atoms with E-state index < -0.39 is 11.7 Å². The van der Waals surface area contributed by atoms with Crippen LogP contribution in [-0.4, -0.2) is 42.0 Å². The maximum absolute atomic E-state index is 12.8. The van der Waals surface area contributed by atoms with Crippen molar-refractivity contribution in [2.75, 3.05) is 31.1 Å². The van der Waals surface area contributed by atoms with Crippen molar-refractivity contribution < 1.29 is 18.0 Å². The molecule has 1 aromatic heterocycles. The fourth-order valence-electron chi connectivity index (χ4n) is 4.68. The summed E-state index contributed by atoms with van der Waals surface area (Å²) >= 11 is 0. The Hall–Kier alpha value is -1.79. The zero-order valence-corrected chi connectivity index (χ0v) is 14.0. The largest absolute Gasteiger partial charge is 0.417 e. The summed E-state index contributed by atoms with van der Waals surface area (Å²) in [5.41, 5.74) is -0.735. The summed E-state index contributed by atoms with van der Waals surface area (Å²) in [4.78, 5) is 20.6. The number of rotatable bonds is 2. The normalized spacial score (nSPS) is 29.3. The van der Waals surface area contributed by atoms with Crippen LogP contribution in [0.1, 0.15) is 31.2 Å². The summed E-state index contributed by atoms with van der Waals surface area (Å²) in [6.07, 6.45) is 1.24. The van der Waals surface area contributed by atoms with Crippen LogP contribution in [-0.2, 0) is 11.0 Å². The lowest BCUT2D eigenvalue weighted by atomic mass is 9.87. The van der Waals surface area contributed by atoms with Crippen molar-refractivity contribution >= 4 is 11.7 Å². The van der Waals surface area contributed by atoms with Gasteiger partial charge in [0.25, 0.3) is 0 Å². The van der Waals surface area contributed by atoms with E-state index in [-0.39, 0.29) is 11.8 Å². The van der Waals surface area contributed by atoms with Crippen LogP contribution in [0.2, 0.25) is 0 Å². The second kappa shape index (κ2) is 6.18. The molecule has 0 unspecified atom stereocenters. The summed E-state index contributed by atoms with van der Waals surface area (Å²) in [5.74, 6) is 2.35. The Labute approximate surface area is 145 Å². The van der Waals surface area contributed by atoms with Crippen molar-refractivity contribution in [3.8, 4) is 0 Å². The SMILES string of the molecule is O=C([C@@H]1C[C@H]2CC[C@H]1C2)N1CCN(c2ccc(C(F)(F)F)cn2)CC1. The molecule has 1 aromatic rings. The highest BCUT2D eigenvalue weighted by atomic mass is 19.4. The highest BCUT2D eigenvalue weighted by molar-refractivity contribution is 5.80. The number of nitrogens with zero attached hydrogens (tertiary/aromatic N) is 3. The van der Waals surface area contributed by atoms with E-state index in [9.17, 15) is 18.0 Å². The Morgan fingerprint density at radius 2 is 1.84 bits per heavy atom. The van der Waals surface area contributed by atoms with Crippen LogP contribution < -0.4 is 4.90 Å². The third-order valence-corrected chi connectivity index (χ3v) is 6.05. The monoisotopic (exact) mass is 353 g/mol. The van der Waals surface area contributed by atoms with Gasteiger partial charge in [-0.2, -0.15) is 13.2 Å². The van der Waals surface area contributed by atoms with Gasteiger partial charge in [0.1, 0.15) is 5.82 Å².